The predicted octanol–water partition coefficient (Wildman–Crippen LogP) is -0.631. The van der Waals surface area contributed by atoms with Crippen LogP contribution in [-0.2, 0) is 20.9 Å². The molecular formula is C11H16N4O4. The number of ether oxygens (including phenoxy) is 1. The molecule has 104 valence electrons. The van der Waals surface area contributed by atoms with Gasteiger partial charge in [-0.25, -0.2) is 4.79 Å². The highest BCUT2D eigenvalue weighted by atomic mass is 16.5. The number of carbonyl (C=O) groups excluding carboxylic acids is 1. The molecule has 19 heavy (non-hydrogen) atoms. The van der Waals surface area contributed by atoms with Gasteiger partial charge in [0.1, 0.15) is 6.04 Å². The number of aryl methyl sites for hydroxylation is 1. The summed E-state index contributed by atoms with van der Waals surface area (Å²) < 4.78 is 6.68. The lowest BCUT2D eigenvalue weighted by Crippen LogP contribution is -2.40. The van der Waals surface area contributed by atoms with Gasteiger partial charge in [-0.2, -0.15) is 0 Å². The van der Waals surface area contributed by atoms with E-state index >= 15 is 0 Å². The normalized spacial score (nSPS) is 22.7. The molecule has 0 spiro atoms. The lowest BCUT2D eigenvalue weighted by atomic mass is 10.2. The van der Waals surface area contributed by atoms with E-state index in [1.165, 1.54) is 22.9 Å². The monoisotopic (exact) mass is 268 g/mol. The van der Waals surface area contributed by atoms with Crippen LogP contribution in [0.4, 0.5) is 0 Å². The Balaban J connectivity index is 1.94. The third-order valence-corrected chi connectivity index (χ3v) is 3.23. The van der Waals surface area contributed by atoms with Crippen molar-refractivity contribution in [3.8, 4) is 0 Å². The van der Waals surface area contributed by atoms with Crippen LogP contribution in [0.25, 0.3) is 0 Å². The van der Waals surface area contributed by atoms with Gasteiger partial charge in [0, 0.05) is 32.7 Å². The van der Waals surface area contributed by atoms with Crippen molar-refractivity contribution in [2.45, 2.75) is 31.5 Å². The Kier molecular flexibility index (Phi) is 4.10. The van der Waals surface area contributed by atoms with Gasteiger partial charge in [0.05, 0.1) is 18.8 Å². The number of amides is 1. The van der Waals surface area contributed by atoms with Crippen LogP contribution in [0.15, 0.2) is 12.4 Å². The van der Waals surface area contributed by atoms with E-state index in [2.05, 4.69) is 10.3 Å². The molecule has 1 fully saturated rings. The van der Waals surface area contributed by atoms with Crippen molar-refractivity contribution in [3.63, 3.8) is 0 Å². The van der Waals surface area contributed by atoms with Gasteiger partial charge in [-0.15, -0.1) is 5.10 Å². The van der Waals surface area contributed by atoms with Crippen molar-refractivity contribution in [3.05, 3.63) is 12.4 Å². The Morgan fingerprint density at radius 2 is 2.32 bits per heavy atom. The van der Waals surface area contributed by atoms with E-state index in [1.807, 2.05) is 0 Å². The van der Waals surface area contributed by atoms with E-state index in [9.17, 15) is 9.59 Å². The molecule has 1 aliphatic heterocycles. The minimum Gasteiger partial charge on any atom is -0.480 e. The maximum absolute atomic E-state index is 12.1. The molecule has 2 atom stereocenters. The van der Waals surface area contributed by atoms with Gasteiger partial charge in [0.15, 0.2) is 0 Å². The molecule has 1 amide bonds. The third kappa shape index (κ3) is 3.08. The third-order valence-electron chi connectivity index (χ3n) is 3.23. The number of likely N-dealkylation sites (tertiary alicyclic amines) is 1. The summed E-state index contributed by atoms with van der Waals surface area (Å²) in [6.45, 7) is 0.711. The molecule has 1 aromatic heterocycles. The van der Waals surface area contributed by atoms with Gasteiger partial charge in [-0.3, -0.25) is 9.48 Å². The summed E-state index contributed by atoms with van der Waals surface area (Å²) in [6, 6.07) is -0.798. The van der Waals surface area contributed by atoms with Gasteiger partial charge in [0.2, 0.25) is 5.91 Å². The molecule has 1 saturated heterocycles. The zero-order valence-corrected chi connectivity index (χ0v) is 10.6. The van der Waals surface area contributed by atoms with E-state index in [4.69, 9.17) is 9.84 Å². The summed E-state index contributed by atoms with van der Waals surface area (Å²) >= 11 is 0. The fourth-order valence-electron chi connectivity index (χ4n) is 2.18. The van der Waals surface area contributed by atoms with Crippen LogP contribution in [0.3, 0.4) is 0 Å². The molecule has 8 nitrogen and oxygen atoms in total. The number of aliphatic carboxylic acids is 1. The Bertz CT molecular complexity index is 448. The van der Waals surface area contributed by atoms with Gasteiger partial charge < -0.3 is 14.7 Å². The van der Waals surface area contributed by atoms with Crippen LogP contribution < -0.4 is 0 Å². The quantitative estimate of drug-likeness (QED) is 0.763. The van der Waals surface area contributed by atoms with Gasteiger partial charge in [-0.1, -0.05) is 5.21 Å². The first-order chi connectivity index (χ1) is 9.11. The Morgan fingerprint density at radius 1 is 1.53 bits per heavy atom. The molecule has 2 heterocycles. The zero-order valence-electron chi connectivity index (χ0n) is 10.6. The van der Waals surface area contributed by atoms with E-state index in [1.54, 1.807) is 6.20 Å². The molecule has 8 heteroatoms. The van der Waals surface area contributed by atoms with Gasteiger partial charge in [0.25, 0.3) is 0 Å². The summed E-state index contributed by atoms with van der Waals surface area (Å²) in [5, 5.41) is 16.5. The molecule has 0 aliphatic carbocycles. The van der Waals surface area contributed by atoms with Crippen molar-refractivity contribution in [1.82, 2.24) is 19.9 Å². The molecule has 2 rings (SSSR count). The molecular weight excluding hydrogens is 252 g/mol. The Hall–Kier alpha value is -1.96. The summed E-state index contributed by atoms with van der Waals surface area (Å²) in [5.74, 6) is -1.20. The number of hydrogen-bond acceptors (Lipinski definition) is 5. The van der Waals surface area contributed by atoms with Crippen molar-refractivity contribution in [2.24, 2.45) is 0 Å². The SMILES string of the molecule is COC1CC(C(=O)O)N(C(=O)CCn2ccnn2)C1. The maximum Gasteiger partial charge on any atom is 0.326 e. The van der Waals surface area contributed by atoms with Crippen LogP contribution in [0.1, 0.15) is 12.8 Å². The molecule has 1 aliphatic rings. The minimum absolute atomic E-state index is 0.198. The highest BCUT2D eigenvalue weighted by Crippen LogP contribution is 2.21. The first-order valence-electron chi connectivity index (χ1n) is 6.01. The van der Waals surface area contributed by atoms with Crippen molar-refractivity contribution < 1.29 is 19.4 Å². The molecule has 0 bridgehead atoms. The minimum atomic E-state index is -0.992. The second kappa shape index (κ2) is 5.79. The molecule has 0 aromatic carbocycles. The number of carbonyl (C=O) groups is 2. The molecule has 0 radical (unpaired) electrons. The molecule has 2 unspecified atom stereocenters. The number of carboxylic acids is 1. The van der Waals surface area contributed by atoms with Crippen LogP contribution in [0.2, 0.25) is 0 Å². The summed E-state index contributed by atoms with van der Waals surface area (Å²) in [7, 11) is 1.52. The molecule has 0 saturated carbocycles. The highest BCUT2D eigenvalue weighted by Gasteiger charge is 2.39. The van der Waals surface area contributed by atoms with Crippen molar-refractivity contribution >= 4 is 11.9 Å². The standard InChI is InChI=1S/C11H16N4O4/c1-19-8-6-9(11(17)18)15(7-8)10(16)2-4-14-5-3-12-13-14/h3,5,8-9H,2,4,6-7H2,1H3,(H,17,18). The first kappa shape index (κ1) is 13.5. The fourth-order valence-corrected chi connectivity index (χ4v) is 2.18. The zero-order chi connectivity index (χ0) is 13.8. The first-order valence-corrected chi connectivity index (χ1v) is 6.01. The average Bonchev–Trinajstić information content (AvgIpc) is 3.04. The van der Waals surface area contributed by atoms with Crippen molar-refractivity contribution in [2.75, 3.05) is 13.7 Å². The number of aromatic nitrogens is 3. The van der Waals surface area contributed by atoms with Crippen LogP contribution in [0, 0.1) is 0 Å². The predicted molar refractivity (Wildman–Crippen MR) is 63.2 cm³/mol. The van der Waals surface area contributed by atoms with Crippen LogP contribution in [0.5, 0.6) is 0 Å². The topological polar surface area (TPSA) is 97.6 Å². The van der Waals surface area contributed by atoms with Crippen molar-refractivity contribution in [1.29, 1.82) is 0 Å². The number of methoxy groups -OCH3 is 1. The van der Waals surface area contributed by atoms with Gasteiger partial charge in [-0.05, 0) is 0 Å². The lowest BCUT2D eigenvalue weighted by Gasteiger charge is -2.21. The van der Waals surface area contributed by atoms with Crippen LogP contribution >= 0.6 is 0 Å². The second-order valence-corrected chi connectivity index (χ2v) is 4.41. The lowest BCUT2D eigenvalue weighted by molar-refractivity contribution is -0.148. The molecule has 1 aromatic rings. The van der Waals surface area contributed by atoms with Crippen LogP contribution in [-0.4, -0.2) is 62.7 Å². The van der Waals surface area contributed by atoms with E-state index in [0.717, 1.165) is 0 Å². The number of hydrogen-bond donors (Lipinski definition) is 1. The molecule has 1 N–H and O–H groups in total. The number of carboxylic acid groups (broad SMARTS) is 1. The Labute approximate surface area is 109 Å². The summed E-state index contributed by atoms with van der Waals surface area (Å²) in [5.41, 5.74) is 0. The number of nitrogens with zero attached hydrogens (tertiary/aromatic N) is 4. The summed E-state index contributed by atoms with van der Waals surface area (Å²) in [4.78, 5) is 24.6. The van der Waals surface area contributed by atoms with E-state index in [-0.39, 0.29) is 18.4 Å². The van der Waals surface area contributed by atoms with E-state index < -0.39 is 12.0 Å². The summed E-state index contributed by atoms with van der Waals surface area (Å²) in [6.07, 6.45) is 3.51. The highest BCUT2D eigenvalue weighted by molar-refractivity contribution is 5.84. The fraction of sp³-hybridized carbons (Fsp3) is 0.636. The number of rotatable bonds is 5. The average molecular weight is 268 g/mol. The second-order valence-electron chi connectivity index (χ2n) is 4.41. The van der Waals surface area contributed by atoms with E-state index in [0.29, 0.717) is 19.5 Å². The largest absolute Gasteiger partial charge is 0.480 e. The van der Waals surface area contributed by atoms with Gasteiger partial charge >= 0.3 is 5.97 Å². The Morgan fingerprint density at radius 3 is 2.89 bits per heavy atom. The smallest absolute Gasteiger partial charge is 0.326 e. The maximum atomic E-state index is 12.1.